The van der Waals surface area contributed by atoms with Crippen molar-refractivity contribution in [2.75, 3.05) is 7.05 Å². The molecule has 7 nitrogen and oxygen atoms in total. The summed E-state index contributed by atoms with van der Waals surface area (Å²) in [5.74, 6) is 0.00806. The average Bonchev–Trinajstić information content (AvgIpc) is 2.61. The number of Topliss-reactive ketones (excluding diaryl/α,β-unsaturated/α-hetero) is 1. The van der Waals surface area contributed by atoms with Crippen LogP contribution in [0.1, 0.15) is 35.9 Å². The third-order valence-electron chi connectivity index (χ3n) is 3.57. The molecule has 0 amide bonds. The van der Waals surface area contributed by atoms with Crippen LogP contribution >= 0.6 is 11.6 Å². The third-order valence-corrected chi connectivity index (χ3v) is 3.82. The van der Waals surface area contributed by atoms with Crippen LogP contribution in [-0.2, 0) is 4.74 Å². The second-order valence-corrected chi connectivity index (χ2v) is 7.28. The minimum absolute atomic E-state index is 0.00454. The summed E-state index contributed by atoms with van der Waals surface area (Å²) >= 11 is 5.97. The number of ketones is 1. The van der Waals surface area contributed by atoms with Crippen molar-refractivity contribution >= 4 is 17.4 Å². The van der Waals surface area contributed by atoms with Crippen molar-refractivity contribution in [1.29, 1.82) is 0 Å². The zero-order valence-electron chi connectivity index (χ0n) is 15.7. The summed E-state index contributed by atoms with van der Waals surface area (Å²) in [5.41, 5.74) is 1.59. The maximum Gasteiger partial charge on any atom is 0.182 e. The number of nitrogens with one attached hydrogen (secondary N) is 1. The van der Waals surface area contributed by atoms with Crippen LogP contribution in [0.3, 0.4) is 0 Å². The second-order valence-electron chi connectivity index (χ2n) is 6.05. The van der Waals surface area contributed by atoms with Gasteiger partial charge in [-0.05, 0) is 38.6 Å². The Morgan fingerprint density at radius 3 is 2.00 bits per heavy atom. The zero-order valence-corrected chi connectivity index (χ0v) is 17.2. The number of ether oxygens (including phenoxy) is 1. The first-order chi connectivity index (χ1) is 13.0. The highest BCUT2D eigenvalue weighted by molar-refractivity contribution is 6.30. The lowest BCUT2D eigenvalue weighted by Gasteiger charge is -2.28. The number of hydrogen-bond donors (Lipinski definition) is 2. The first kappa shape index (κ1) is 24.5. The molecule has 0 bridgehead atoms. The molecule has 2 rings (SSSR count). The quantitative estimate of drug-likeness (QED) is 0.597. The van der Waals surface area contributed by atoms with E-state index in [2.05, 4.69) is 5.32 Å². The molecule has 154 valence electrons. The summed E-state index contributed by atoms with van der Waals surface area (Å²) in [6.07, 6.45) is -0.389. The number of likely N-dealkylation sites (N-methyl/N-ethyl adjacent to an activating group) is 1. The summed E-state index contributed by atoms with van der Waals surface area (Å²) in [7, 11) is -2.92. The molecule has 0 aromatic heterocycles. The van der Waals surface area contributed by atoms with Crippen molar-refractivity contribution < 1.29 is 38.4 Å². The Labute approximate surface area is 171 Å². The molecule has 0 aliphatic heterocycles. The van der Waals surface area contributed by atoms with E-state index in [4.69, 9.17) is 35.0 Å². The molecule has 0 fully saturated rings. The van der Waals surface area contributed by atoms with Gasteiger partial charge in [0.1, 0.15) is 12.1 Å². The van der Waals surface area contributed by atoms with Crippen LogP contribution in [0.25, 0.3) is 0 Å². The van der Waals surface area contributed by atoms with Crippen molar-refractivity contribution in [3.63, 3.8) is 0 Å². The number of rotatable bonds is 7. The van der Waals surface area contributed by atoms with E-state index in [-0.39, 0.29) is 18.0 Å². The van der Waals surface area contributed by atoms with Crippen LogP contribution in [0.2, 0.25) is 5.02 Å². The molecule has 0 aliphatic rings. The molecule has 2 aromatic carbocycles. The predicted octanol–water partition coefficient (Wildman–Crippen LogP) is 0.153. The van der Waals surface area contributed by atoms with Crippen LogP contribution in [0.5, 0.6) is 0 Å². The van der Waals surface area contributed by atoms with Gasteiger partial charge in [-0.2, -0.15) is 14.0 Å². The van der Waals surface area contributed by atoms with Gasteiger partial charge in [-0.3, -0.25) is 4.79 Å². The Morgan fingerprint density at radius 1 is 1.07 bits per heavy atom. The third kappa shape index (κ3) is 9.09. The molecule has 0 radical (unpaired) electrons. The van der Waals surface area contributed by atoms with Crippen LogP contribution in [0.4, 0.5) is 0 Å². The minimum Gasteiger partial charge on any atom is -0.369 e. The molecule has 0 spiro atoms. The van der Waals surface area contributed by atoms with Crippen LogP contribution in [0.15, 0.2) is 54.6 Å². The molecule has 2 N–H and O–H groups in total. The van der Waals surface area contributed by atoms with Crippen molar-refractivity contribution in [2.45, 2.75) is 32.1 Å². The molecular weight excluding hydrogens is 409 g/mol. The highest BCUT2D eigenvalue weighted by Crippen LogP contribution is 2.26. The lowest BCUT2D eigenvalue weighted by molar-refractivity contribution is -1.92. The summed E-state index contributed by atoms with van der Waals surface area (Å²) in [6.45, 7) is 3.92. The molecule has 2 atom stereocenters. The summed E-state index contributed by atoms with van der Waals surface area (Å²) in [6, 6.07) is 16.2. The van der Waals surface area contributed by atoms with Gasteiger partial charge >= 0.3 is 0 Å². The molecule has 9 heteroatoms. The first-order valence-electron chi connectivity index (χ1n) is 8.33. The van der Waals surface area contributed by atoms with Crippen LogP contribution in [0, 0.1) is 10.2 Å². The molecule has 0 aliphatic carbocycles. The molecule has 0 saturated heterocycles. The Bertz CT molecular complexity index is 713. The van der Waals surface area contributed by atoms with E-state index in [1.165, 1.54) is 0 Å². The standard InChI is InChI=1S/C19H22ClNO2.ClHO4/c1-13(2)23-19(15-9-11-16(20)12-10-15)17(21-3)18(22)14-7-5-4-6-8-14;2-1(3,4)5/h4-13,17,19,21H,1-3H3;(H,2,3,4,5). The van der Waals surface area contributed by atoms with Crippen LogP contribution < -0.4 is 19.3 Å². The second kappa shape index (κ2) is 11.5. The predicted molar refractivity (Wildman–Crippen MR) is 96.3 cm³/mol. The van der Waals surface area contributed by atoms with E-state index in [0.717, 1.165) is 5.56 Å². The average molecular weight is 432 g/mol. The van der Waals surface area contributed by atoms with Crippen molar-refractivity contribution in [1.82, 2.24) is 5.32 Å². The molecule has 2 unspecified atom stereocenters. The van der Waals surface area contributed by atoms with E-state index < -0.39 is 16.3 Å². The highest BCUT2D eigenvalue weighted by atomic mass is 35.7. The molecule has 28 heavy (non-hydrogen) atoms. The van der Waals surface area contributed by atoms with Gasteiger partial charge in [0.2, 0.25) is 0 Å². The van der Waals surface area contributed by atoms with E-state index in [1.54, 1.807) is 7.05 Å². The van der Waals surface area contributed by atoms with Crippen molar-refractivity contribution in [3.8, 4) is 0 Å². The van der Waals surface area contributed by atoms with Crippen LogP contribution in [-0.4, -0.2) is 29.6 Å². The summed E-state index contributed by atoms with van der Waals surface area (Å²) in [4.78, 5) is 12.9. The zero-order chi connectivity index (χ0) is 21.3. The fourth-order valence-corrected chi connectivity index (χ4v) is 2.62. The topological polar surface area (TPSA) is 128 Å². The van der Waals surface area contributed by atoms with Crippen molar-refractivity contribution in [3.05, 3.63) is 70.7 Å². The number of hydrogen-bond acceptors (Lipinski definition) is 7. The highest BCUT2D eigenvalue weighted by Gasteiger charge is 2.30. The maximum atomic E-state index is 12.9. The van der Waals surface area contributed by atoms with E-state index in [0.29, 0.717) is 10.6 Å². The number of halogens is 2. The lowest BCUT2D eigenvalue weighted by Crippen LogP contribution is -2.58. The summed E-state index contributed by atoms with van der Waals surface area (Å²) < 4.78 is 38.8. The van der Waals surface area contributed by atoms with E-state index in [9.17, 15) is 4.79 Å². The maximum absolute atomic E-state index is 12.9. The van der Waals surface area contributed by atoms with E-state index in [1.807, 2.05) is 68.4 Å². The lowest BCUT2D eigenvalue weighted by atomic mass is 9.94. The Balaban J connectivity index is 0.000000696. The van der Waals surface area contributed by atoms with Gasteiger partial charge in [-0.25, -0.2) is 0 Å². The van der Waals surface area contributed by atoms with Gasteiger partial charge in [0.25, 0.3) is 0 Å². The molecule has 0 saturated carbocycles. The van der Waals surface area contributed by atoms with Gasteiger partial charge in [0, 0.05) is 10.6 Å². The molecular formula is C19H23Cl2NO6. The number of carbonyl (C=O) groups excluding carboxylic acids is 1. The van der Waals surface area contributed by atoms with Gasteiger partial charge in [0.05, 0.1) is 21.0 Å². The normalized spacial score (nSPS) is 13.5. The monoisotopic (exact) mass is 431 g/mol. The fraction of sp³-hybridized carbons (Fsp3) is 0.316. The minimum atomic E-state index is -4.69. The van der Waals surface area contributed by atoms with Crippen molar-refractivity contribution in [2.24, 2.45) is 0 Å². The first-order valence-corrected chi connectivity index (χ1v) is 9.97. The smallest absolute Gasteiger partial charge is 0.182 e. The summed E-state index contributed by atoms with van der Waals surface area (Å²) in [5, 5.41) is 3.77. The van der Waals surface area contributed by atoms with Gasteiger partial charge in [0.15, 0.2) is 5.78 Å². The number of benzene rings is 2. The molecule has 0 heterocycles. The van der Waals surface area contributed by atoms with Gasteiger partial charge < -0.3 is 10.1 Å². The Morgan fingerprint density at radius 2 is 1.57 bits per heavy atom. The fourth-order valence-electron chi connectivity index (χ4n) is 2.50. The van der Waals surface area contributed by atoms with E-state index >= 15 is 0 Å². The Hall–Kier alpha value is -1.55. The van der Waals surface area contributed by atoms with Gasteiger partial charge in [-0.15, -0.1) is 0 Å². The largest absolute Gasteiger partial charge is 0.369 e. The molecule has 2 aromatic rings. The number of carbonyl (C=O) groups is 1. The Kier molecular flexibility index (Phi) is 10.0. The van der Waals surface area contributed by atoms with Gasteiger partial charge in [-0.1, -0.05) is 54.1 Å². The SMILES string of the molecule is CNC(C(=O)c1ccccc1)C(OC(C)C)c1ccc(Cl)cc1.[O-][Cl+3]([O-])([O-])O.